The van der Waals surface area contributed by atoms with Gasteiger partial charge in [-0.1, -0.05) is 25.1 Å². The van der Waals surface area contributed by atoms with Crippen LogP contribution in [0.15, 0.2) is 60.7 Å². The summed E-state index contributed by atoms with van der Waals surface area (Å²) >= 11 is 0. The number of halogens is 1. The Morgan fingerprint density at radius 3 is 2.53 bits per heavy atom. The minimum atomic E-state index is -1.15. The van der Waals surface area contributed by atoms with Gasteiger partial charge >= 0.3 is 5.97 Å². The van der Waals surface area contributed by atoms with Crippen molar-refractivity contribution in [2.75, 3.05) is 26.1 Å². The molecule has 0 spiro atoms. The van der Waals surface area contributed by atoms with Crippen LogP contribution >= 0.6 is 0 Å². The number of hydrogen-bond acceptors (Lipinski definition) is 6. The van der Waals surface area contributed by atoms with Crippen LogP contribution in [0.3, 0.4) is 0 Å². The summed E-state index contributed by atoms with van der Waals surface area (Å²) in [7, 11) is 3.16. The van der Waals surface area contributed by atoms with Crippen molar-refractivity contribution in [3.05, 3.63) is 88.7 Å². The number of rotatable bonds is 10. The van der Waals surface area contributed by atoms with E-state index in [1.165, 1.54) is 12.1 Å². The molecule has 0 saturated carbocycles. The molecule has 0 fully saturated rings. The molecule has 0 aliphatic carbocycles. The number of para-hydroxylation sites is 1. The standard InChI is InChI=1S/C29H32FNO5/c1-28(24-14-21(30)9-12-26(24)35-4,17-29(2,33)15-19-7-5-6-8-25(19)34-3)18-31-22-10-11-23-20(13-22)16-36-27(23)32/h5-14,31,33H,15-18H2,1-4H3. The van der Waals surface area contributed by atoms with Crippen LogP contribution in [0, 0.1) is 5.82 Å². The van der Waals surface area contributed by atoms with Gasteiger partial charge in [-0.2, -0.15) is 0 Å². The van der Waals surface area contributed by atoms with E-state index in [2.05, 4.69) is 5.32 Å². The van der Waals surface area contributed by atoms with Crippen molar-refractivity contribution in [2.24, 2.45) is 0 Å². The second kappa shape index (κ2) is 10.2. The van der Waals surface area contributed by atoms with E-state index >= 15 is 0 Å². The van der Waals surface area contributed by atoms with Crippen LogP contribution in [0.1, 0.15) is 47.3 Å². The summed E-state index contributed by atoms with van der Waals surface area (Å²) in [4.78, 5) is 11.8. The Labute approximate surface area is 211 Å². The van der Waals surface area contributed by atoms with E-state index in [4.69, 9.17) is 14.2 Å². The summed E-state index contributed by atoms with van der Waals surface area (Å²) in [5.41, 5.74) is 1.84. The summed E-state index contributed by atoms with van der Waals surface area (Å²) in [5.74, 6) is 0.547. The predicted molar refractivity (Wildman–Crippen MR) is 136 cm³/mol. The average Bonchev–Trinajstić information content (AvgIpc) is 3.22. The van der Waals surface area contributed by atoms with Gasteiger partial charge in [-0.25, -0.2) is 9.18 Å². The number of ether oxygens (including phenoxy) is 3. The molecule has 2 atom stereocenters. The Morgan fingerprint density at radius 1 is 1.03 bits per heavy atom. The number of nitrogens with one attached hydrogen (secondary N) is 1. The number of esters is 1. The Bertz CT molecular complexity index is 1260. The van der Waals surface area contributed by atoms with E-state index in [0.717, 1.165) is 16.8 Å². The van der Waals surface area contributed by atoms with E-state index in [1.807, 2.05) is 43.3 Å². The number of fused-ring (bicyclic) bond motifs is 1. The van der Waals surface area contributed by atoms with Crippen LogP contribution in [0.4, 0.5) is 10.1 Å². The second-order valence-corrected chi connectivity index (χ2v) is 9.87. The highest BCUT2D eigenvalue weighted by Crippen LogP contribution is 2.40. The highest BCUT2D eigenvalue weighted by Gasteiger charge is 2.38. The molecule has 0 radical (unpaired) electrons. The first-order chi connectivity index (χ1) is 17.1. The molecule has 2 N–H and O–H groups in total. The summed E-state index contributed by atoms with van der Waals surface area (Å²) in [6, 6.07) is 17.5. The van der Waals surface area contributed by atoms with E-state index in [9.17, 15) is 14.3 Å². The van der Waals surface area contributed by atoms with Gasteiger partial charge in [0.1, 0.15) is 23.9 Å². The summed E-state index contributed by atoms with van der Waals surface area (Å²) in [5, 5.41) is 15.0. The van der Waals surface area contributed by atoms with Gasteiger partial charge in [0.25, 0.3) is 0 Å². The van der Waals surface area contributed by atoms with Crippen LogP contribution in [0.2, 0.25) is 0 Å². The molecular formula is C29H32FNO5. The third-order valence-electron chi connectivity index (χ3n) is 6.71. The molecule has 7 heteroatoms. The van der Waals surface area contributed by atoms with Crippen molar-refractivity contribution in [3.63, 3.8) is 0 Å². The second-order valence-electron chi connectivity index (χ2n) is 9.87. The van der Waals surface area contributed by atoms with Gasteiger partial charge in [-0.05, 0) is 61.4 Å². The molecule has 2 unspecified atom stereocenters. The van der Waals surface area contributed by atoms with Crippen LogP contribution in [0.25, 0.3) is 0 Å². The first-order valence-corrected chi connectivity index (χ1v) is 11.9. The molecule has 6 nitrogen and oxygen atoms in total. The number of hydrogen-bond donors (Lipinski definition) is 2. The molecule has 0 amide bonds. The third kappa shape index (κ3) is 5.46. The molecule has 190 valence electrons. The Kier molecular flexibility index (Phi) is 7.22. The number of methoxy groups -OCH3 is 2. The minimum Gasteiger partial charge on any atom is -0.496 e. The highest BCUT2D eigenvalue weighted by atomic mass is 19.1. The SMILES string of the molecule is COc1ccccc1CC(C)(O)CC(C)(CNc1ccc2c(c1)COC2=O)c1cc(F)ccc1OC. The predicted octanol–water partition coefficient (Wildman–Crippen LogP) is 5.27. The lowest BCUT2D eigenvalue weighted by Crippen LogP contribution is -2.42. The van der Waals surface area contributed by atoms with Crippen LogP contribution in [-0.4, -0.2) is 37.4 Å². The Morgan fingerprint density at radius 2 is 1.78 bits per heavy atom. The zero-order valence-electron chi connectivity index (χ0n) is 21.1. The van der Waals surface area contributed by atoms with Gasteiger partial charge in [-0.15, -0.1) is 0 Å². The third-order valence-corrected chi connectivity index (χ3v) is 6.71. The molecular weight excluding hydrogens is 461 g/mol. The number of carbonyl (C=O) groups excluding carboxylic acids is 1. The quantitative estimate of drug-likeness (QED) is 0.375. The van der Waals surface area contributed by atoms with Crippen molar-refractivity contribution in [1.82, 2.24) is 0 Å². The Hall–Kier alpha value is -3.58. The van der Waals surface area contributed by atoms with Crippen molar-refractivity contribution in [2.45, 2.75) is 44.3 Å². The molecule has 4 rings (SSSR count). The smallest absolute Gasteiger partial charge is 0.338 e. The molecule has 0 saturated heterocycles. The molecule has 0 aromatic heterocycles. The van der Waals surface area contributed by atoms with Crippen molar-refractivity contribution in [1.29, 1.82) is 0 Å². The molecule has 1 aliphatic heterocycles. The minimum absolute atomic E-state index is 0.242. The first kappa shape index (κ1) is 25.5. The van der Waals surface area contributed by atoms with Gasteiger partial charge in [0.15, 0.2) is 0 Å². The van der Waals surface area contributed by atoms with Gasteiger partial charge in [0.05, 0.1) is 25.4 Å². The van der Waals surface area contributed by atoms with Gasteiger partial charge in [0, 0.05) is 35.2 Å². The van der Waals surface area contributed by atoms with Crippen molar-refractivity contribution >= 4 is 11.7 Å². The normalized spacial score (nSPS) is 15.9. The topological polar surface area (TPSA) is 77.0 Å². The lowest BCUT2D eigenvalue weighted by Gasteiger charge is -2.38. The van der Waals surface area contributed by atoms with E-state index < -0.39 is 11.0 Å². The van der Waals surface area contributed by atoms with E-state index in [1.54, 1.807) is 33.3 Å². The monoisotopic (exact) mass is 493 g/mol. The lowest BCUT2D eigenvalue weighted by atomic mass is 9.72. The average molecular weight is 494 g/mol. The van der Waals surface area contributed by atoms with Gasteiger partial charge < -0.3 is 24.6 Å². The number of cyclic esters (lactones) is 1. The molecule has 36 heavy (non-hydrogen) atoms. The molecule has 1 aliphatic rings. The van der Waals surface area contributed by atoms with Crippen molar-refractivity contribution < 1.29 is 28.5 Å². The fourth-order valence-electron chi connectivity index (χ4n) is 5.11. The number of benzene rings is 3. The van der Waals surface area contributed by atoms with Crippen LogP contribution in [-0.2, 0) is 23.2 Å². The fraction of sp³-hybridized carbons (Fsp3) is 0.345. The molecule has 3 aromatic carbocycles. The number of anilines is 1. The Balaban J connectivity index is 1.65. The van der Waals surface area contributed by atoms with Gasteiger partial charge in [-0.3, -0.25) is 0 Å². The zero-order chi connectivity index (χ0) is 25.9. The number of aliphatic hydroxyl groups is 1. The van der Waals surface area contributed by atoms with E-state index in [-0.39, 0.29) is 18.4 Å². The first-order valence-electron chi connectivity index (χ1n) is 11.9. The van der Waals surface area contributed by atoms with Crippen LogP contribution in [0.5, 0.6) is 11.5 Å². The maximum Gasteiger partial charge on any atom is 0.338 e. The largest absolute Gasteiger partial charge is 0.496 e. The maximum absolute atomic E-state index is 14.4. The fourth-order valence-corrected chi connectivity index (χ4v) is 5.11. The number of carbonyl (C=O) groups is 1. The zero-order valence-corrected chi connectivity index (χ0v) is 21.1. The molecule has 1 heterocycles. The van der Waals surface area contributed by atoms with Crippen molar-refractivity contribution in [3.8, 4) is 11.5 Å². The summed E-state index contributed by atoms with van der Waals surface area (Å²) in [6.45, 7) is 4.38. The molecule has 3 aromatic rings. The highest BCUT2D eigenvalue weighted by molar-refractivity contribution is 5.93. The lowest BCUT2D eigenvalue weighted by molar-refractivity contribution is 0.0297. The van der Waals surface area contributed by atoms with Gasteiger partial charge in [0.2, 0.25) is 0 Å². The maximum atomic E-state index is 14.4. The molecule has 0 bridgehead atoms. The summed E-state index contributed by atoms with van der Waals surface area (Å²) < 4.78 is 30.6. The van der Waals surface area contributed by atoms with E-state index in [0.29, 0.717) is 42.0 Å². The summed E-state index contributed by atoms with van der Waals surface area (Å²) in [6.07, 6.45) is 0.653. The van der Waals surface area contributed by atoms with Crippen LogP contribution < -0.4 is 14.8 Å².